The van der Waals surface area contributed by atoms with Gasteiger partial charge in [-0.3, -0.25) is 0 Å². The summed E-state index contributed by atoms with van der Waals surface area (Å²) in [4.78, 5) is 1.44. The maximum Gasteiger partial charge on any atom is 0.0341 e. The quantitative estimate of drug-likeness (QED) is 0.830. The zero-order chi connectivity index (χ0) is 12.9. The lowest BCUT2D eigenvalue weighted by Gasteiger charge is -2.12. The maximum absolute atomic E-state index is 3.58. The van der Waals surface area contributed by atoms with Crippen LogP contribution in [0.3, 0.4) is 0 Å². The van der Waals surface area contributed by atoms with Crippen molar-refractivity contribution in [2.45, 2.75) is 42.2 Å². The van der Waals surface area contributed by atoms with Crippen LogP contribution in [0, 0.1) is 5.92 Å². The fourth-order valence-corrected chi connectivity index (χ4v) is 5.39. The summed E-state index contributed by atoms with van der Waals surface area (Å²) in [6.07, 6.45) is 7.05. The molecule has 1 saturated carbocycles. The molecule has 104 valence electrons. The molecule has 0 amide bonds. The van der Waals surface area contributed by atoms with Crippen LogP contribution < -0.4 is 5.32 Å². The normalized spacial score (nSPS) is 23.9. The summed E-state index contributed by atoms with van der Waals surface area (Å²) in [7, 11) is 0. The van der Waals surface area contributed by atoms with Gasteiger partial charge in [-0.25, -0.2) is 0 Å². The first-order valence-corrected chi connectivity index (χ1v) is 9.52. The van der Waals surface area contributed by atoms with Gasteiger partial charge in [0.1, 0.15) is 0 Å². The molecule has 1 nitrogen and oxygen atoms in total. The van der Waals surface area contributed by atoms with Crippen molar-refractivity contribution >= 4 is 29.2 Å². The molecule has 3 rings (SSSR count). The Kier molecular flexibility index (Phi) is 5.00. The fourth-order valence-electron chi connectivity index (χ4n) is 2.86. The Labute approximate surface area is 125 Å². The van der Waals surface area contributed by atoms with Gasteiger partial charge in [-0.05, 0) is 61.0 Å². The van der Waals surface area contributed by atoms with Crippen LogP contribution in [0.25, 0.3) is 0 Å². The molecule has 1 saturated heterocycles. The number of hydrogen-bond acceptors (Lipinski definition) is 3. The Balaban J connectivity index is 1.47. The second-order valence-corrected chi connectivity index (χ2v) is 8.18. The molecule has 1 N–H and O–H groups in total. The van der Waals surface area contributed by atoms with Crippen molar-refractivity contribution in [3.8, 4) is 0 Å². The van der Waals surface area contributed by atoms with Crippen molar-refractivity contribution in [3.05, 3.63) is 24.3 Å². The molecule has 0 radical (unpaired) electrons. The highest BCUT2D eigenvalue weighted by Gasteiger charge is 2.16. The van der Waals surface area contributed by atoms with Crippen molar-refractivity contribution in [1.29, 1.82) is 0 Å². The van der Waals surface area contributed by atoms with E-state index in [1.807, 2.05) is 0 Å². The Hall–Kier alpha value is -0.280. The van der Waals surface area contributed by atoms with Crippen molar-refractivity contribution in [2.75, 3.05) is 23.4 Å². The minimum absolute atomic E-state index is 0.870. The molecular formula is C16H23NS2. The van der Waals surface area contributed by atoms with E-state index in [-0.39, 0.29) is 0 Å². The average Bonchev–Trinajstić information content (AvgIpc) is 3.11. The SMILES string of the molecule is c1cc(SC2CCCC2)ccc1NCC1CCSC1. The summed E-state index contributed by atoms with van der Waals surface area (Å²) in [5, 5.41) is 4.45. The topological polar surface area (TPSA) is 12.0 Å². The summed E-state index contributed by atoms with van der Waals surface area (Å²) in [6, 6.07) is 9.07. The molecule has 1 unspecified atom stereocenters. The standard InChI is InChI=1S/C16H23NS2/c1-2-4-15(3-1)19-16-7-5-14(6-8-16)17-11-13-9-10-18-12-13/h5-8,13,15,17H,1-4,9-12H2. The van der Waals surface area contributed by atoms with E-state index >= 15 is 0 Å². The summed E-state index contributed by atoms with van der Waals surface area (Å²) >= 11 is 4.17. The van der Waals surface area contributed by atoms with Gasteiger partial charge in [0.25, 0.3) is 0 Å². The third kappa shape index (κ3) is 4.09. The molecule has 1 aromatic carbocycles. The van der Waals surface area contributed by atoms with Gasteiger partial charge in [0, 0.05) is 22.4 Å². The third-order valence-electron chi connectivity index (χ3n) is 4.08. The van der Waals surface area contributed by atoms with Gasteiger partial charge in [0.15, 0.2) is 0 Å². The Morgan fingerprint density at radius 1 is 1.11 bits per heavy atom. The van der Waals surface area contributed by atoms with Crippen LogP contribution >= 0.6 is 23.5 Å². The molecule has 1 aromatic rings. The zero-order valence-electron chi connectivity index (χ0n) is 11.4. The largest absolute Gasteiger partial charge is 0.385 e. The van der Waals surface area contributed by atoms with Crippen molar-refractivity contribution < 1.29 is 0 Å². The molecular weight excluding hydrogens is 270 g/mol. The van der Waals surface area contributed by atoms with Gasteiger partial charge in [-0.1, -0.05) is 12.8 Å². The molecule has 0 spiro atoms. The smallest absolute Gasteiger partial charge is 0.0341 e. The molecule has 1 heterocycles. The molecule has 1 atom stereocenters. The molecule has 1 aliphatic carbocycles. The molecule has 3 heteroatoms. The number of nitrogens with one attached hydrogen (secondary N) is 1. The van der Waals surface area contributed by atoms with Crippen molar-refractivity contribution in [1.82, 2.24) is 0 Å². The van der Waals surface area contributed by atoms with Gasteiger partial charge in [0.05, 0.1) is 0 Å². The van der Waals surface area contributed by atoms with E-state index < -0.39 is 0 Å². The van der Waals surface area contributed by atoms with Crippen LogP contribution in [0.2, 0.25) is 0 Å². The highest BCUT2D eigenvalue weighted by Crippen LogP contribution is 2.35. The third-order valence-corrected chi connectivity index (χ3v) is 6.66. The predicted molar refractivity (Wildman–Crippen MR) is 88.5 cm³/mol. The zero-order valence-corrected chi connectivity index (χ0v) is 13.1. The minimum atomic E-state index is 0.870. The van der Waals surface area contributed by atoms with E-state index in [9.17, 15) is 0 Å². The summed E-state index contributed by atoms with van der Waals surface area (Å²) < 4.78 is 0. The minimum Gasteiger partial charge on any atom is -0.385 e. The first-order valence-electron chi connectivity index (χ1n) is 7.48. The monoisotopic (exact) mass is 293 g/mol. The number of thioether (sulfide) groups is 2. The van der Waals surface area contributed by atoms with Crippen molar-refractivity contribution in [2.24, 2.45) is 5.92 Å². The van der Waals surface area contributed by atoms with Gasteiger partial charge in [-0.2, -0.15) is 11.8 Å². The summed E-state index contributed by atoms with van der Waals surface area (Å²) in [5.41, 5.74) is 1.28. The molecule has 2 aliphatic rings. The number of rotatable bonds is 5. The second kappa shape index (κ2) is 6.94. The van der Waals surface area contributed by atoms with Crippen LogP contribution in [0.15, 0.2) is 29.2 Å². The molecule has 0 bridgehead atoms. The van der Waals surface area contributed by atoms with E-state index in [2.05, 4.69) is 53.1 Å². The van der Waals surface area contributed by atoms with E-state index in [0.717, 1.165) is 17.7 Å². The highest BCUT2D eigenvalue weighted by atomic mass is 32.2. The molecule has 19 heavy (non-hydrogen) atoms. The second-order valence-electron chi connectivity index (χ2n) is 5.66. The first kappa shape index (κ1) is 13.7. The lowest BCUT2D eigenvalue weighted by molar-refractivity contribution is 0.632. The van der Waals surface area contributed by atoms with Crippen molar-refractivity contribution in [3.63, 3.8) is 0 Å². The maximum atomic E-state index is 3.58. The first-order chi connectivity index (χ1) is 9.40. The van der Waals surface area contributed by atoms with Crippen LogP contribution in [0.4, 0.5) is 5.69 Å². The lowest BCUT2D eigenvalue weighted by Crippen LogP contribution is -2.13. The highest BCUT2D eigenvalue weighted by molar-refractivity contribution is 8.00. The Morgan fingerprint density at radius 3 is 2.58 bits per heavy atom. The number of anilines is 1. The summed E-state index contributed by atoms with van der Waals surface area (Å²) in [5.74, 6) is 3.56. The lowest BCUT2D eigenvalue weighted by atomic mass is 10.1. The van der Waals surface area contributed by atoms with E-state index in [1.54, 1.807) is 0 Å². The average molecular weight is 294 g/mol. The van der Waals surface area contributed by atoms with Crippen LogP contribution in [-0.4, -0.2) is 23.3 Å². The van der Waals surface area contributed by atoms with E-state index in [1.165, 1.54) is 54.2 Å². The number of benzene rings is 1. The van der Waals surface area contributed by atoms with Gasteiger partial charge in [-0.15, -0.1) is 11.8 Å². The molecule has 2 fully saturated rings. The fraction of sp³-hybridized carbons (Fsp3) is 0.625. The van der Waals surface area contributed by atoms with Gasteiger partial charge >= 0.3 is 0 Å². The molecule has 1 aliphatic heterocycles. The van der Waals surface area contributed by atoms with E-state index in [4.69, 9.17) is 0 Å². The molecule has 0 aromatic heterocycles. The predicted octanol–water partition coefficient (Wildman–Crippen LogP) is 4.89. The van der Waals surface area contributed by atoms with Crippen LogP contribution in [0.1, 0.15) is 32.1 Å². The van der Waals surface area contributed by atoms with Crippen LogP contribution in [0.5, 0.6) is 0 Å². The van der Waals surface area contributed by atoms with E-state index in [0.29, 0.717) is 0 Å². The summed E-state index contributed by atoms with van der Waals surface area (Å²) in [6.45, 7) is 1.14. The van der Waals surface area contributed by atoms with Gasteiger partial charge in [0.2, 0.25) is 0 Å². The Bertz CT molecular complexity index is 378. The van der Waals surface area contributed by atoms with Crippen LogP contribution in [-0.2, 0) is 0 Å². The van der Waals surface area contributed by atoms with Gasteiger partial charge < -0.3 is 5.32 Å². The number of hydrogen-bond donors (Lipinski definition) is 1. The Morgan fingerprint density at radius 2 is 1.89 bits per heavy atom.